The Bertz CT molecular complexity index is 1070. The second kappa shape index (κ2) is 10.0. The second-order valence-corrected chi connectivity index (χ2v) is 8.50. The molecule has 0 heterocycles. The lowest BCUT2D eigenvalue weighted by Crippen LogP contribution is -2.20. The number of benzene rings is 3. The lowest BCUT2D eigenvalue weighted by Gasteiger charge is -2.12. The topological polar surface area (TPSA) is 50.4 Å². The molecule has 0 spiro atoms. The van der Waals surface area contributed by atoms with Gasteiger partial charge in [-0.2, -0.15) is 0 Å². The molecule has 30 heavy (non-hydrogen) atoms. The first-order valence-electron chi connectivity index (χ1n) is 9.60. The summed E-state index contributed by atoms with van der Waals surface area (Å²) < 4.78 is 6.47. The van der Waals surface area contributed by atoms with Gasteiger partial charge in [0.2, 0.25) is 0 Å². The fraction of sp³-hybridized carbons (Fsp3) is 0.208. The Balaban J connectivity index is 1.55. The summed E-state index contributed by atoms with van der Waals surface area (Å²) in [5.41, 5.74) is 6.35. The van der Waals surface area contributed by atoms with Crippen molar-refractivity contribution >= 4 is 44.8 Å². The van der Waals surface area contributed by atoms with Crippen molar-refractivity contribution in [3.8, 4) is 5.75 Å². The predicted molar refractivity (Wildman–Crippen MR) is 128 cm³/mol. The molecule has 0 radical (unpaired) electrons. The van der Waals surface area contributed by atoms with Crippen molar-refractivity contribution in [3.63, 3.8) is 0 Å². The highest BCUT2D eigenvalue weighted by atomic mass is 79.9. The molecule has 0 saturated heterocycles. The summed E-state index contributed by atoms with van der Waals surface area (Å²) in [6.07, 6.45) is 0. The summed E-state index contributed by atoms with van der Waals surface area (Å²) in [7, 11) is 0. The van der Waals surface area contributed by atoms with E-state index in [9.17, 15) is 4.79 Å². The Morgan fingerprint density at radius 2 is 1.73 bits per heavy atom. The molecular weight excluding hydrogens is 464 g/mol. The smallest absolute Gasteiger partial charge is 0.262 e. The number of rotatable bonds is 7. The fourth-order valence-electron chi connectivity index (χ4n) is 2.89. The highest BCUT2D eigenvalue weighted by Gasteiger charge is 2.09. The fourth-order valence-corrected chi connectivity index (χ4v) is 3.60. The molecule has 156 valence electrons. The van der Waals surface area contributed by atoms with Crippen LogP contribution in [-0.4, -0.2) is 12.5 Å². The Morgan fingerprint density at radius 1 is 0.967 bits per heavy atom. The van der Waals surface area contributed by atoms with E-state index in [1.165, 1.54) is 11.1 Å². The maximum Gasteiger partial charge on any atom is 0.262 e. The van der Waals surface area contributed by atoms with E-state index in [0.29, 0.717) is 23.0 Å². The molecule has 3 aromatic carbocycles. The van der Waals surface area contributed by atoms with Gasteiger partial charge in [0.1, 0.15) is 5.75 Å². The molecule has 0 unspecified atom stereocenters. The minimum Gasteiger partial charge on any atom is -0.483 e. The van der Waals surface area contributed by atoms with Crippen LogP contribution < -0.4 is 15.4 Å². The largest absolute Gasteiger partial charge is 0.483 e. The third-order valence-corrected chi connectivity index (χ3v) is 5.69. The molecule has 0 saturated carbocycles. The van der Waals surface area contributed by atoms with Gasteiger partial charge in [-0.25, -0.2) is 0 Å². The van der Waals surface area contributed by atoms with Crippen molar-refractivity contribution < 1.29 is 9.53 Å². The average molecular weight is 488 g/mol. The van der Waals surface area contributed by atoms with Crippen LogP contribution >= 0.6 is 27.5 Å². The third-order valence-electron chi connectivity index (χ3n) is 4.83. The second-order valence-electron chi connectivity index (χ2n) is 7.21. The van der Waals surface area contributed by atoms with E-state index in [1.54, 1.807) is 12.1 Å². The predicted octanol–water partition coefficient (Wildman–Crippen LogP) is 6.66. The van der Waals surface area contributed by atoms with Crippen LogP contribution in [0.25, 0.3) is 0 Å². The summed E-state index contributed by atoms with van der Waals surface area (Å²) in [5, 5.41) is 6.83. The van der Waals surface area contributed by atoms with E-state index in [0.717, 1.165) is 21.3 Å². The normalized spacial score (nSPS) is 10.6. The molecule has 0 aromatic heterocycles. The van der Waals surface area contributed by atoms with Crippen molar-refractivity contribution in [2.45, 2.75) is 27.3 Å². The number of halogens is 2. The van der Waals surface area contributed by atoms with Gasteiger partial charge in [0.25, 0.3) is 5.91 Å². The van der Waals surface area contributed by atoms with Gasteiger partial charge in [0.05, 0.1) is 4.47 Å². The zero-order valence-electron chi connectivity index (χ0n) is 17.2. The Kier molecular flexibility index (Phi) is 7.40. The Morgan fingerprint density at radius 3 is 2.47 bits per heavy atom. The zero-order chi connectivity index (χ0) is 21.7. The summed E-state index contributed by atoms with van der Waals surface area (Å²) in [4.78, 5) is 12.2. The Hall–Kier alpha value is -2.50. The molecule has 0 aliphatic rings. The molecule has 0 aliphatic heterocycles. The summed E-state index contributed by atoms with van der Waals surface area (Å²) in [6.45, 7) is 6.72. The van der Waals surface area contributed by atoms with Crippen LogP contribution in [0.5, 0.6) is 5.75 Å². The number of ether oxygens (including phenoxy) is 1. The molecule has 6 heteroatoms. The first-order valence-corrected chi connectivity index (χ1v) is 10.8. The van der Waals surface area contributed by atoms with Gasteiger partial charge in [0.15, 0.2) is 6.61 Å². The van der Waals surface area contributed by atoms with Gasteiger partial charge >= 0.3 is 0 Å². The number of amides is 1. The number of carbonyl (C=O) groups is 1. The number of hydrogen-bond donors (Lipinski definition) is 2. The minimum absolute atomic E-state index is 0.0925. The van der Waals surface area contributed by atoms with Crippen molar-refractivity contribution in [1.82, 2.24) is 0 Å². The van der Waals surface area contributed by atoms with Crippen molar-refractivity contribution in [2.75, 3.05) is 17.2 Å². The lowest BCUT2D eigenvalue weighted by atomic mass is 10.1. The third kappa shape index (κ3) is 6.00. The molecule has 0 bridgehead atoms. The monoisotopic (exact) mass is 486 g/mol. The number of carbonyl (C=O) groups excluding carboxylic acids is 1. The first kappa shape index (κ1) is 22.2. The molecule has 0 fully saturated rings. The lowest BCUT2D eigenvalue weighted by molar-refractivity contribution is -0.118. The van der Waals surface area contributed by atoms with E-state index in [-0.39, 0.29) is 12.5 Å². The zero-order valence-corrected chi connectivity index (χ0v) is 19.5. The van der Waals surface area contributed by atoms with Crippen LogP contribution in [0.2, 0.25) is 5.02 Å². The van der Waals surface area contributed by atoms with Crippen molar-refractivity contribution in [1.29, 1.82) is 0 Å². The minimum atomic E-state index is -0.243. The Labute approximate surface area is 190 Å². The van der Waals surface area contributed by atoms with Gasteiger partial charge in [-0.15, -0.1) is 0 Å². The number of nitrogens with one attached hydrogen (secondary N) is 2. The van der Waals surface area contributed by atoms with Crippen LogP contribution in [0.15, 0.2) is 59.1 Å². The van der Waals surface area contributed by atoms with Crippen LogP contribution in [0, 0.1) is 20.8 Å². The SMILES string of the molecule is Cc1ccc(NCc2ccc(OCC(=O)Nc3cc(Cl)ccc3C)c(Br)c2)cc1C. The molecule has 0 atom stereocenters. The standard InChI is InChI=1S/C24H24BrClN2O2/c1-15-5-8-20(10-17(15)3)27-13-18-6-9-23(21(25)11-18)30-14-24(29)28-22-12-19(26)7-4-16(22)2/h4-12,27H,13-14H2,1-3H3,(H,28,29). The molecule has 3 rings (SSSR count). The van der Waals surface area contributed by atoms with Crippen LogP contribution in [0.1, 0.15) is 22.3 Å². The van der Waals surface area contributed by atoms with E-state index >= 15 is 0 Å². The number of anilines is 2. The molecule has 0 aliphatic carbocycles. The van der Waals surface area contributed by atoms with Gasteiger partial charge < -0.3 is 15.4 Å². The molecule has 2 N–H and O–H groups in total. The molecule has 3 aromatic rings. The summed E-state index contributed by atoms with van der Waals surface area (Å²) >= 11 is 9.52. The summed E-state index contributed by atoms with van der Waals surface area (Å²) in [5.74, 6) is 0.371. The van der Waals surface area contributed by atoms with E-state index in [1.807, 2.05) is 31.2 Å². The van der Waals surface area contributed by atoms with Gasteiger partial charge in [-0.1, -0.05) is 29.8 Å². The van der Waals surface area contributed by atoms with E-state index in [4.69, 9.17) is 16.3 Å². The van der Waals surface area contributed by atoms with Crippen LogP contribution in [0.3, 0.4) is 0 Å². The van der Waals surface area contributed by atoms with Crippen LogP contribution in [-0.2, 0) is 11.3 Å². The molecule has 1 amide bonds. The maximum absolute atomic E-state index is 12.2. The first-order chi connectivity index (χ1) is 14.3. The van der Waals surface area contributed by atoms with Gasteiger partial charge in [-0.3, -0.25) is 4.79 Å². The van der Waals surface area contributed by atoms with E-state index < -0.39 is 0 Å². The number of aryl methyl sites for hydroxylation is 3. The van der Waals surface area contributed by atoms with E-state index in [2.05, 4.69) is 58.6 Å². The number of hydrogen-bond acceptors (Lipinski definition) is 3. The average Bonchev–Trinajstić information content (AvgIpc) is 2.71. The highest BCUT2D eigenvalue weighted by molar-refractivity contribution is 9.10. The molecule has 4 nitrogen and oxygen atoms in total. The maximum atomic E-state index is 12.2. The van der Waals surface area contributed by atoms with Crippen molar-refractivity contribution in [2.24, 2.45) is 0 Å². The molecular formula is C24H24BrClN2O2. The van der Waals surface area contributed by atoms with Crippen molar-refractivity contribution in [3.05, 3.63) is 86.3 Å². The van der Waals surface area contributed by atoms with Gasteiger partial charge in [0, 0.05) is 22.9 Å². The van der Waals surface area contributed by atoms with Gasteiger partial charge in [-0.05, 0) is 95.4 Å². The highest BCUT2D eigenvalue weighted by Crippen LogP contribution is 2.27. The quantitative estimate of drug-likeness (QED) is 0.392. The summed E-state index contributed by atoms with van der Waals surface area (Å²) in [6, 6.07) is 17.5. The van der Waals surface area contributed by atoms with Crippen LogP contribution in [0.4, 0.5) is 11.4 Å².